The van der Waals surface area contributed by atoms with Gasteiger partial charge in [-0.15, -0.1) is 0 Å². The summed E-state index contributed by atoms with van der Waals surface area (Å²) in [5, 5.41) is 0. The normalized spacial score (nSPS) is 16.1. The lowest BCUT2D eigenvalue weighted by atomic mass is 10.2. The van der Waals surface area contributed by atoms with Crippen LogP contribution in [0.1, 0.15) is 11.8 Å². The van der Waals surface area contributed by atoms with Gasteiger partial charge < -0.3 is 4.74 Å². The molecule has 1 unspecified atom stereocenters. The van der Waals surface area contributed by atoms with Gasteiger partial charge in [0, 0.05) is 17.7 Å². The number of benzene rings is 1. The summed E-state index contributed by atoms with van der Waals surface area (Å²) < 4.78 is 4.82. The van der Waals surface area contributed by atoms with Gasteiger partial charge in [0.1, 0.15) is 0 Å². The van der Waals surface area contributed by atoms with Crippen molar-refractivity contribution >= 4 is 18.3 Å². The Kier molecular flexibility index (Phi) is 3.00. The second kappa shape index (κ2) is 4.61. The molecule has 0 saturated heterocycles. The van der Waals surface area contributed by atoms with Crippen molar-refractivity contribution in [1.29, 1.82) is 0 Å². The van der Waals surface area contributed by atoms with Crippen molar-refractivity contribution in [3.05, 3.63) is 48.0 Å². The Morgan fingerprint density at radius 2 is 1.65 bits per heavy atom. The smallest absolute Gasteiger partial charge is 0.295 e. The summed E-state index contributed by atoms with van der Waals surface area (Å²) in [5.41, 5.74) is 0.560. The lowest BCUT2D eigenvalue weighted by molar-refractivity contribution is -0.158. The minimum Gasteiger partial charge on any atom is -0.439 e. The van der Waals surface area contributed by atoms with Crippen molar-refractivity contribution in [2.45, 2.75) is 6.23 Å². The van der Waals surface area contributed by atoms with Gasteiger partial charge in [-0.3, -0.25) is 14.4 Å². The molecule has 0 aliphatic carbocycles. The number of rotatable bonds is 4. The third-order valence-electron chi connectivity index (χ3n) is 2.35. The molecule has 5 nitrogen and oxygen atoms in total. The zero-order valence-electron chi connectivity index (χ0n) is 8.78. The number of carbonyl (C=O) groups excluding carboxylic acids is 3. The van der Waals surface area contributed by atoms with E-state index in [0.717, 1.165) is 17.1 Å². The van der Waals surface area contributed by atoms with Gasteiger partial charge in [-0.25, -0.2) is 4.90 Å². The maximum Gasteiger partial charge on any atom is 0.295 e. The molecule has 0 spiro atoms. The van der Waals surface area contributed by atoms with Crippen molar-refractivity contribution in [2.24, 2.45) is 0 Å². The summed E-state index contributed by atoms with van der Waals surface area (Å²) in [5.74, 6) is -0.989. The summed E-state index contributed by atoms with van der Waals surface area (Å²) in [6, 6.07) is 8.59. The Hall–Kier alpha value is -2.43. The first-order valence-corrected chi connectivity index (χ1v) is 4.93. The number of nitrogens with zero attached hydrogens (tertiary/aromatic N) is 1. The predicted octanol–water partition coefficient (Wildman–Crippen LogP) is 0.783. The molecule has 17 heavy (non-hydrogen) atoms. The molecule has 5 heteroatoms. The molecule has 2 rings (SSSR count). The van der Waals surface area contributed by atoms with E-state index in [1.807, 2.05) is 0 Å². The van der Waals surface area contributed by atoms with Crippen molar-refractivity contribution in [1.82, 2.24) is 4.90 Å². The van der Waals surface area contributed by atoms with Crippen LogP contribution in [0.5, 0.6) is 0 Å². The molecule has 0 saturated carbocycles. The minimum atomic E-state index is -1.01. The molecular formula is C12H9NO4. The van der Waals surface area contributed by atoms with Crippen LogP contribution in [0.2, 0.25) is 0 Å². The predicted molar refractivity (Wildman–Crippen MR) is 57.3 cm³/mol. The average molecular weight is 231 g/mol. The van der Waals surface area contributed by atoms with Crippen molar-refractivity contribution in [3.63, 3.8) is 0 Å². The molecule has 0 fully saturated rings. The fourth-order valence-electron chi connectivity index (χ4n) is 1.60. The van der Waals surface area contributed by atoms with E-state index in [2.05, 4.69) is 0 Å². The van der Waals surface area contributed by atoms with Crippen molar-refractivity contribution in [3.8, 4) is 0 Å². The van der Waals surface area contributed by atoms with E-state index in [1.54, 1.807) is 30.3 Å². The monoisotopic (exact) mass is 231 g/mol. The van der Waals surface area contributed by atoms with Gasteiger partial charge in [-0.2, -0.15) is 0 Å². The van der Waals surface area contributed by atoms with E-state index in [9.17, 15) is 14.4 Å². The Bertz CT molecular complexity index is 463. The first-order chi connectivity index (χ1) is 8.24. The van der Waals surface area contributed by atoms with Crippen LogP contribution < -0.4 is 0 Å². The average Bonchev–Trinajstić information content (AvgIpc) is 2.68. The van der Waals surface area contributed by atoms with E-state index < -0.39 is 18.0 Å². The Balaban J connectivity index is 2.33. The number of amides is 2. The maximum atomic E-state index is 11.5. The molecule has 1 aliphatic heterocycles. The molecule has 0 radical (unpaired) electrons. The molecule has 1 atom stereocenters. The first kappa shape index (κ1) is 11.1. The largest absolute Gasteiger partial charge is 0.439 e. The highest BCUT2D eigenvalue weighted by Gasteiger charge is 2.33. The fourth-order valence-corrected chi connectivity index (χ4v) is 1.60. The highest BCUT2D eigenvalue weighted by molar-refractivity contribution is 6.13. The number of hydrogen-bond donors (Lipinski definition) is 0. The van der Waals surface area contributed by atoms with Crippen LogP contribution in [0, 0.1) is 0 Å². The van der Waals surface area contributed by atoms with E-state index >= 15 is 0 Å². The molecule has 1 aromatic carbocycles. The quantitative estimate of drug-likeness (QED) is 0.567. The Labute approximate surface area is 97.3 Å². The van der Waals surface area contributed by atoms with Crippen LogP contribution in [0.3, 0.4) is 0 Å². The number of ether oxygens (including phenoxy) is 1. The highest BCUT2D eigenvalue weighted by atomic mass is 16.5. The van der Waals surface area contributed by atoms with Gasteiger partial charge in [-0.1, -0.05) is 30.3 Å². The Morgan fingerprint density at radius 1 is 1.06 bits per heavy atom. The zero-order valence-corrected chi connectivity index (χ0v) is 8.78. The minimum absolute atomic E-state index is 0.219. The van der Waals surface area contributed by atoms with Gasteiger partial charge >= 0.3 is 0 Å². The maximum absolute atomic E-state index is 11.5. The van der Waals surface area contributed by atoms with Crippen LogP contribution >= 0.6 is 0 Å². The molecule has 1 aromatic rings. The molecule has 0 bridgehead atoms. The Morgan fingerprint density at radius 3 is 2.18 bits per heavy atom. The SMILES string of the molecule is O=COC(c1ccccc1)N1C(=O)C=CC1=O. The van der Waals surface area contributed by atoms with Crippen LogP contribution in [-0.4, -0.2) is 23.2 Å². The summed E-state index contributed by atoms with van der Waals surface area (Å²) >= 11 is 0. The van der Waals surface area contributed by atoms with Gasteiger partial charge in [0.15, 0.2) is 0 Å². The van der Waals surface area contributed by atoms with E-state index in [1.165, 1.54) is 0 Å². The molecule has 0 N–H and O–H groups in total. The van der Waals surface area contributed by atoms with E-state index in [0.29, 0.717) is 5.56 Å². The van der Waals surface area contributed by atoms with Crippen LogP contribution in [-0.2, 0) is 19.1 Å². The van der Waals surface area contributed by atoms with Crippen LogP contribution in [0.25, 0.3) is 0 Å². The summed E-state index contributed by atoms with van der Waals surface area (Å²) in [6.07, 6.45) is 1.28. The molecular weight excluding hydrogens is 222 g/mol. The standard InChI is InChI=1S/C12H9NO4/c14-8-17-12(9-4-2-1-3-5-9)13-10(15)6-7-11(13)16/h1-8,12H. The van der Waals surface area contributed by atoms with E-state index in [-0.39, 0.29) is 6.47 Å². The summed E-state index contributed by atoms with van der Waals surface area (Å²) in [6.45, 7) is 0.219. The molecule has 86 valence electrons. The van der Waals surface area contributed by atoms with Gasteiger partial charge in [0.25, 0.3) is 18.3 Å². The second-order valence-corrected chi connectivity index (χ2v) is 3.38. The van der Waals surface area contributed by atoms with Crippen molar-refractivity contribution in [2.75, 3.05) is 0 Å². The number of imide groups is 1. The molecule has 1 heterocycles. The third-order valence-corrected chi connectivity index (χ3v) is 2.35. The fraction of sp³-hybridized carbons (Fsp3) is 0.0833. The third kappa shape index (κ3) is 2.08. The molecule has 0 aromatic heterocycles. The first-order valence-electron chi connectivity index (χ1n) is 4.93. The van der Waals surface area contributed by atoms with Crippen LogP contribution in [0.15, 0.2) is 42.5 Å². The second-order valence-electron chi connectivity index (χ2n) is 3.38. The highest BCUT2D eigenvalue weighted by Crippen LogP contribution is 2.24. The topological polar surface area (TPSA) is 63.7 Å². The van der Waals surface area contributed by atoms with E-state index in [4.69, 9.17) is 4.74 Å². The number of carbonyl (C=O) groups is 3. The van der Waals surface area contributed by atoms with Gasteiger partial charge in [-0.05, 0) is 0 Å². The lowest BCUT2D eigenvalue weighted by Gasteiger charge is -2.24. The summed E-state index contributed by atoms with van der Waals surface area (Å²) in [7, 11) is 0. The van der Waals surface area contributed by atoms with Gasteiger partial charge in [0.05, 0.1) is 0 Å². The summed E-state index contributed by atoms with van der Waals surface area (Å²) in [4.78, 5) is 34.4. The van der Waals surface area contributed by atoms with Crippen molar-refractivity contribution < 1.29 is 19.1 Å². The lowest BCUT2D eigenvalue weighted by Crippen LogP contribution is -2.35. The molecule has 1 aliphatic rings. The molecule has 2 amide bonds. The zero-order chi connectivity index (χ0) is 12.3. The van der Waals surface area contributed by atoms with Gasteiger partial charge in [0.2, 0.25) is 6.23 Å². The number of hydrogen-bond acceptors (Lipinski definition) is 4. The van der Waals surface area contributed by atoms with Crippen LogP contribution in [0.4, 0.5) is 0 Å².